The van der Waals surface area contributed by atoms with Crippen LogP contribution in [0, 0.1) is 0 Å². The lowest BCUT2D eigenvalue weighted by Crippen LogP contribution is -2.54. The monoisotopic (exact) mass is 502 g/mol. The van der Waals surface area contributed by atoms with Gasteiger partial charge in [0, 0.05) is 50.9 Å². The minimum Gasteiger partial charge on any atom is -0.494 e. The predicted octanol–water partition coefficient (Wildman–Crippen LogP) is 2.91. The van der Waals surface area contributed by atoms with Gasteiger partial charge in [0.05, 0.1) is 6.61 Å². The van der Waals surface area contributed by atoms with Gasteiger partial charge in [0.25, 0.3) is 5.56 Å². The van der Waals surface area contributed by atoms with Crippen LogP contribution in [0.4, 0.5) is 5.82 Å². The number of benzene rings is 1. The van der Waals surface area contributed by atoms with E-state index >= 15 is 0 Å². The molecule has 9 heteroatoms. The summed E-state index contributed by atoms with van der Waals surface area (Å²) < 4.78 is 14.6. The minimum absolute atomic E-state index is 0.0708. The topological polar surface area (TPSA) is 89.2 Å². The fraction of sp³-hybridized carbons (Fsp3) is 0.630. The largest absolute Gasteiger partial charge is 0.494 e. The first-order valence-corrected chi connectivity index (χ1v) is 12.9. The van der Waals surface area contributed by atoms with E-state index in [-0.39, 0.29) is 23.3 Å². The number of β-amino-alcohol motifs (C(OH)–C–C–N with tert-alkyl or cyclic N) is 1. The van der Waals surface area contributed by atoms with Gasteiger partial charge in [-0.05, 0) is 72.7 Å². The van der Waals surface area contributed by atoms with Gasteiger partial charge in [-0.1, -0.05) is 0 Å². The van der Waals surface area contributed by atoms with Crippen LogP contribution in [0.5, 0.6) is 11.5 Å². The smallest absolute Gasteiger partial charge is 0.333 e. The normalized spacial score (nSPS) is 16.0. The second kappa shape index (κ2) is 11.5. The molecule has 1 unspecified atom stereocenters. The third kappa shape index (κ3) is 6.31. The number of rotatable bonds is 10. The maximum absolute atomic E-state index is 13.1. The Labute approximate surface area is 213 Å². The Morgan fingerprint density at radius 3 is 2.00 bits per heavy atom. The molecule has 1 aliphatic rings. The summed E-state index contributed by atoms with van der Waals surface area (Å²) in [4.78, 5) is 30.1. The molecule has 1 aliphatic heterocycles. The van der Waals surface area contributed by atoms with E-state index in [0.29, 0.717) is 50.9 Å². The number of ether oxygens (including phenoxy) is 2. The van der Waals surface area contributed by atoms with Crippen molar-refractivity contribution in [2.24, 2.45) is 0 Å². The van der Waals surface area contributed by atoms with Gasteiger partial charge in [0.1, 0.15) is 29.0 Å². The molecule has 0 bridgehead atoms. The van der Waals surface area contributed by atoms with Crippen LogP contribution < -0.4 is 25.6 Å². The summed E-state index contributed by atoms with van der Waals surface area (Å²) in [7, 11) is 0. The lowest BCUT2D eigenvalue weighted by molar-refractivity contribution is -0.0450. The maximum atomic E-state index is 13.1. The van der Waals surface area contributed by atoms with E-state index < -0.39 is 11.7 Å². The van der Waals surface area contributed by atoms with Gasteiger partial charge in [-0.15, -0.1) is 0 Å². The summed E-state index contributed by atoms with van der Waals surface area (Å²) in [5.74, 6) is 2.12. The molecule has 0 saturated carbocycles. The van der Waals surface area contributed by atoms with E-state index in [0.717, 1.165) is 5.75 Å². The first kappa shape index (κ1) is 27.8. The van der Waals surface area contributed by atoms with Crippen LogP contribution in [0.2, 0.25) is 0 Å². The number of aromatic nitrogens is 2. The van der Waals surface area contributed by atoms with Crippen molar-refractivity contribution in [3.8, 4) is 11.5 Å². The van der Waals surface area contributed by atoms with Gasteiger partial charge in [-0.2, -0.15) is 0 Å². The van der Waals surface area contributed by atoms with E-state index in [1.807, 2.05) is 72.7 Å². The van der Waals surface area contributed by atoms with E-state index in [4.69, 9.17) is 9.47 Å². The van der Waals surface area contributed by atoms with Crippen molar-refractivity contribution in [3.05, 3.63) is 51.2 Å². The third-order valence-electron chi connectivity index (χ3n) is 6.63. The molecule has 36 heavy (non-hydrogen) atoms. The fourth-order valence-electron chi connectivity index (χ4n) is 4.53. The molecular formula is C27H42N4O5. The SMILES string of the molecule is CCOc1ccc(OC(C)(C)C(O)CN2CCN(c3cc(=O)n(C(C)C)c(=O)n3C(C)C)CC2)cc1. The van der Waals surface area contributed by atoms with Gasteiger partial charge in [0.2, 0.25) is 0 Å². The molecule has 0 radical (unpaired) electrons. The number of piperazine rings is 1. The van der Waals surface area contributed by atoms with E-state index in [1.54, 1.807) is 10.6 Å². The van der Waals surface area contributed by atoms with Crippen LogP contribution in [0.15, 0.2) is 39.9 Å². The van der Waals surface area contributed by atoms with Gasteiger partial charge < -0.3 is 19.5 Å². The number of aliphatic hydroxyl groups is 1. The Bertz CT molecular complexity index is 1110. The Morgan fingerprint density at radius 1 is 0.917 bits per heavy atom. The summed E-state index contributed by atoms with van der Waals surface area (Å²) in [5, 5.41) is 11.0. The highest BCUT2D eigenvalue weighted by atomic mass is 16.5. The molecule has 1 N–H and O–H groups in total. The van der Waals surface area contributed by atoms with Crippen molar-refractivity contribution in [1.29, 1.82) is 0 Å². The number of aliphatic hydroxyl groups excluding tert-OH is 1. The lowest BCUT2D eigenvalue weighted by atomic mass is 10.0. The van der Waals surface area contributed by atoms with Gasteiger partial charge in [0.15, 0.2) is 0 Å². The third-order valence-corrected chi connectivity index (χ3v) is 6.63. The molecule has 1 aromatic heterocycles. The molecule has 1 atom stereocenters. The highest BCUT2D eigenvalue weighted by Gasteiger charge is 2.33. The molecule has 1 fully saturated rings. The average Bonchev–Trinajstić information content (AvgIpc) is 2.80. The fourth-order valence-corrected chi connectivity index (χ4v) is 4.53. The summed E-state index contributed by atoms with van der Waals surface area (Å²) in [6.07, 6.45) is -0.709. The molecule has 9 nitrogen and oxygen atoms in total. The Balaban J connectivity index is 1.65. The highest BCUT2D eigenvalue weighted by Crippen LogP contribution is 2.25. The molecule has 3 rings (SSSR count). The molecule has 2 aromatic rings. The lowest BCUT2D eigenvalue weighted by Gasteiger charge is -2.40. The molecule has 200 valence electrons. The summed E-state index contributed by atoms with van der Waals surface area (Å²) in [5.41, 5.74) is -1.33. The molecule has 1 saturated heterocycles. The quantitative estimate of drug-likeness (QED) is 0.534. The summed E-state index contributed by atoms with van der Waals surface area (Å²) in [6.45, 7) is 17.1. The second-order valence-corrected chi connectivity index (χ2v) is 10.5. The van der Waals surface area contributed by atoms with Crippen LogP contribution in [0.3, 0.4) is 0 Å². The van der Waals surface area contributed by atoms with Crippen LogP contribution in [0.1, 0.15) is 60.5 Å². The molecule has 0 aliphatic carbocycles. The Hall–Kier alpha value is -2.78. The molecule has 1 aromatic carbocycles. The highest BCUT2D eigenvalue weighted by molar-refractivity contribution is 5.40. The summed E-state index contributed by atoms with van der Waals surface area (Å²) in [6, 6.07) is 8.72. The van der Waals surface area contributed by atoms with E-state index in [2.05, 4.69) is 9.80 Å². The van der Waals surface area contributed by atoms with Gasteiger partial charge >= 0.3 is 5.69 Å². The molecular weight excluding hydrogens is 460 g/mol. The van der Waals surface area contributed by atoms with Crippen molar-refractivity contribution in [2.45, 2.75) is 72.3 Å². The maximum Gasteiger partial charge on any atom is 0.333 e. The van der Waals surface area contributed by atoms with Crippen molar-refractivity contribution < 1.29 is 14.6 Å². The van der Waals surface area contributed by atoms with Gasteiger partial charge in [-0.25, -0.2) is 4.79 Å². The number of nitrogens with zero attached hydrogens (tertiary/aromatic N) is 4. The first-order valence-electron chi connectivity index (χ1n) is 12.9. The summed E-state index contributed by atoms with van der Waals surface area (Å²) >= 11 is 0. The van der Waals surface area contributed by atoms with Crippen molar-refractivity contribution >= 4 is 5.82 Å². The van der Waals surface area contributed by atoms with Crippen molar-refractivity contribution in [1.82, 2.24) is 14.0 Å². The van der Waals surface area contributed by atoms with Crippen molar-refractivity contribution in [2.75, 3.05) is 44.2 Å². The zero-order valence-electron chi connectivity index (χ0n) is 22.7. The average molecular weight is 503 g/mol. The molecule has 2 heterocycles. The second-order valence-electron chi connectivity index (χ2n) is 10.5. The minimum atomic E-state index is -0.788. The zero-order valence-corrected chi connectivity index (χ0v) is 22.7. The first-order chi connectivity index (χ1) is 16.9. The van der Waals surface area contributed by atoms with Gasteiger partial charge in [-0.3, -0.25) is 18.8 Å². The van der Waals surface area contributed by atoms with E-state index in [1.165, 1.54) is 4.57 Å². The van der Waals surface area contributed by atoms with Crippen LogP contribution >= 0.6 is 0 Å². The zero-order chi connectivity index (χ0) is 26.6. The Morgan fingerprint density at radius 2 is 1.47 bits per heavy atom. The van der Waals surface area contributed by atoms with E-state index in [9.17, 15) is 14.7 Å². The van der Waals surface area contributed by atoms with Crippen LogP contribution in [0.25, 0.3) is 0 Å². The standard InChI is InChI=1S/C27H42N4O5/c1-8-35-21-9-11-22(12-10-21)36-27(6,7)23(32)18-28-13-15-29(16-14-28)24-17-25(33)31(20(4)5)26(34)30(24)19(2)3/h9-12,17,19-20,23,32H,8,13-16,18H2,1-7H3. The molecule has 0 spiro atoms. The molecule has 0 amide bonds. The van der Waals surface area contributed by atoms with Crippen molar-refractivity contribution in [3.63, 3.8) is 0 Å². The van der Waals surface area contributed by atoms with Crippen LogP contribution in [-0.2, 0) is 0 Å². The number of hydrogen-bond donors (Lipinski definition) is 1. The predicted molar refractivity (Wildman–Crippen MR) is 143 cm³/mol. The Kier molecular flexibility index (Phi) is 8.89. The van der Waals surface area contributed by atoms with Crippen LogP contribution in [-0.4, -0.2) is 70.2 Å². The number of hydrogen-bond acceptors (Lipinski definition) is 7. The number of anilines is 1.